The van der Waals surface area contributed by atoms with Gasteiger partial charge in [0.15, 0.2) is 11.6 Å². The predicted octanol–water partition coefficient (Wildman–Crippen LogP) is 1.96. The van der Waals surface area contributed by atoms with Crippen LogP contribution in [0.2, 0.25) is 0 Å². The maximum absolute atomic E-state index is 13.4. The lowest BCUT2D eigenvalue weighted by molar-refractivity contribution is -0.0521. The molecule has 0 amide bonds. The molecule has 3 aromatic rings. The summed E-state index contributed by atoms with van der Waals surface area (Å²) in [5, 5.41) is 7.69. The summed E-state index contributed by atoms with van der Waals surface area (Å²) < 4.78 is 48.7. The number of aromatic nitrogens is 5. The zero-order valence-corrected chi connectivity index (χ0v) is 12.5. The molecule has 0 unspecified atom stereocenters. The van der Waals surface area contributed by atoms with Gasteiger partial charge >= 0.3 is 12.6 Å². The molecule has 0 aliphatic rings. The van der Waals surface area contributed by atoms with Crippen LogP contribution in [-0.4, -0.2) is 31.6 Å². The number of anilines is 1. The summed E-state index contributed by atoms with van der Waals surface area (Å²) >= 11 is 0. The summed E-state index contributed by atoms with van der Waals surface area (Å²) in [6.07, 6.45) is 4.27. The average molecular weight is 352 g/mol. The highest BCUT2D eigenvalue weighted by atomic mass is 19.3. The molecule has 0 bridgehead atoms. The Morgan fingerprint density at radius 2 is 1.96 bits per heavy atom. The quantitative estimate of drug-likeness (QED) is 0.723. The van der Waals surface area contributed by atoms with Crippen molar-refractivity contribution in [3.8, 4) is 17.4 Å². The van der Waals surface area contributed by atoms with Crippen molar-refractivity contribution in [3.05, 3.63) is 48.3 Å². The number of ether oxygens (including phenoxy) is 2. The first-order chi connectivity index (χ1) is 12.0. The molecule has 0 spiro atoms. The van der Waals surface area contributed by atoms with E-state index in [0.717, 1.165) is 12.1 Å². The fourth-order valence-electron chi connectivity index (χ4n) is 1.85. The Bertz CT molecular complexity index is 856. The lowest BCUT2D eigenvalue weighted by atomic mass is 10.3. The van der Waals surface area contributed by atoms with E-state index < -0.39 is 18.2 Å². The van der Waals surface area contributed by atoms with Crippen molar-refractivity contribution in [2.24, 2.45) is 0 Å². The lowest BCUT2D eigenvalue weighted by Gasteiger charge is -2.07. The smallest absolute Gasteiger partial charge is 0.387 e. The van der Waals surface area contributed by atoms with Gasteiger partial charge in [-0.15, -0.1) is 5.10 Å². The summed E-state index contributed by atoms with van der Waals surface area (Å²) in [5.74, 6) is -1.50. The van der Waals surface area contributed by atoms with E-state index in [-0.39, 0.29) is 12.6 Å². The standard InChI is InChI=1S/C14H11F3N6O2/c15-11-2-1-10(3-12(11)25-13(16)17)23-6-9(21-22-23)7-24-14-19-4-8(18)5-20-14/h1-6,13H,7,18H2. The van der Waals surface area contributed by atoms with Gasteiger partial charge in [0.05, 0.1) is 30.0 Å². The van der Waals surface area contributed by atoms with Crippen molar-refractivity contribution in [2.45, 2.75) is 13.2 Å². The number of nitrogens with zero attached hydrogens (tertiary/aromatic N) is 5. The zero-order chi connectivity index (χ0) is 17.8. The Morgan fingerprint density at radius 3 is 2.68 bits per heavy atom. The second kappa shape index (κ2) is 7.03. The Hall–Kier alpha value is -3.37. The third kappa shape index (κ3) is 4.13. The van der Waals surface area contributed by atoms with Crippen LogP contribution in [0, 0.1) is 5.82 Å². The SMILES string of the molecule is Nc1cnc(OCc2cn(-c3ccc(F)c(OC(F)F)c3)nn2)nc1. The molecule has 0 fully saturated rings. The fraction of sp³-hybridized carbons (Fsp3) is 0.143. The highest BCUT2D eigenvalue weighted by molar-refractivity contribution is 5.39. The second-order valence-electron chi connectivity index (χ2n) is 4.74. The van der Waals surface area contributed by atoms with Crippen LogP contribution in [0.1, 0.15) is 5.69 Å². The topological polar surface area (TPSA) is 101 Å². The van der Waals surface area contributed by atoms with Crippen molar-refractivity contribution in [2.75, 3.05) is 5.73 Å². The van der Waals surface area contributed by atoms with Gasteiger partial charge in [-0.05, 0) is 12.1 Å². The molecule has 0 aliphatic carbocycles. The molecule has 3 rings (SSSR count). The maximum atomic E-state index is 13.4. The third-order valence-electron chi connectivity index (χ3n) is 2.93. The molecule has 11 heteroatoms. The molecule has 0 saturated carbocycles. The first kappa shape index (κ1) is 16.5. The normalized spacial score (nSPS) is 10.9. The van der Waals surface area contributed by atoms with E-state index in [9.17, 15) is 13.2 Å². The number of halogens is 3. The number of alkyl halides is 2. The van der Waals surface area contributed by atoms with Crippen LogP contribution in [0.3, 0.4) is 0 Å². The summed E-state index contributed by atoms with van der Waals surface area (Å²) in [5.41, 5.74) is 6.57. The van der Waals surface area contributed by atoms with Crippen LogP contribution >= 0.6 is 0 Å². The second-order valence-corrected chi connectivity index (χ2v) is 4.74. The number of hydrogen-bond donors (Lipinski definition) is 1. The largest absolute Gasteiger partial charge is 0.457 e. The van der Waals surface area contributed by atoms with E-state index in [1.54, 1.807) is 0 Å². The first-order valence-corrected chi connectivity index (χ1v) is 6.87. The first-order valence-electron chi connectivity index (χ1n) is 6.87. The zero-order valence-electron chi connectivity index (χ0n) is 12.5. The van der Waals surface area contributed by atoms with Crippen molar-refractivity contribution in [1.82, 2.24) is 25.0 Å². The third-order valence-corrected chi connectivity index (χ3v) is 2.93. The molecule has 0 atom stereocenters. The van der Waals surface area contributed by atoms with Gasteiger partial charge in [-0.2, -0.15) is 8.78 Å². The van der Waals surface area contributed by atoms with E-state index in [1.807, 2.05) is 0 Å². The minimum atomic E-state index is -3.13. The molecule has 25 heavy (non-hydrogen) atoms. The average Bonchev–Trinajstić information content (AvgIpc) is 3.05. The summed E-state index contributed by atoms with van der Waals surface area (Å²) in [7, 11) is 0. The van der Waals surface area contributed by atoms with Crippen LogP contribution in [-0.2, 0) is 6.61 Å². The number of nitrogens with two attached hydrogens (primary N) is 1. The van der Waals surface area contributed by atoms with Crippen LogP contribution in [0.5, 0.6) is 11.8 Å². The lowest BCUT2D eigenvalue weighted by Crippen LogP contribution is -2.05. The van der Waals surface area contributed by atoms with Gasteiger partial charge in [0, 0.05) is 6.07 Å². The highest BCUT2D eigenvalue weighted by Crippen LogP contribution is 2.22. The van der Waals surface area contributed by atoms with Gasteiger partial charge < -0.3 is 15.2 Å². The van der Waals surface area contributed by atoms with E-state index in [0.29, 0.717) is 17.1 Å². The van der Waals surface area contributed by atoms with E-state index in [1.165, 1.54) is 29.3 Å². The van der Waals surface area contributed by atoms with E-state index in [4.69, 9.17) is 10.5 Å². The van der Waals surface area contributed by atoms with Gasteiger partial charge in [0.1, 0.15) is 12.3 Å². The Labute approximate surface area is 139 Å². The monoisotopic (exact) mass is 352 g/mol. The highest BCUT2D eigenvalue weighted by Gasteiger charge is 2.12. The molecule has 0 saturated heterocycles. The molecule has 2 heterocycles. The molecule has 0 aliphatic heterocycles. The van der Waals surface area contributed by atoms with E-state index in [2.05, 4.69) is 25.0 Å². The molecule has 130 valence electrons. The van der Waals surface area contributed by atoms with Gasteiger partial charge in [0.2, 0.25) is 0 Å². The Balaban J connectivity index is 1.71. The van der Waals surface area contributed by atoms with Crippen molar-refractivity contribution in [3.63, 3.8) is 0 Å². The Morgan fingerprint density at radius 1 is 1.20 bits per heavy atom. The van der Waals surface area contributed by atoms with Gasteiger partial charge in [-0.25, -0.2) is 19.0 Å². The van der Waals surface area contributed by atoms with Crippen molar-refractivity contribution < 1.29 is 22.6 Å². The van der Waals surface area contributed by atoms with Crippen LogP contribution in [0.25, 0.3) is 5.69 Å². The van der Waals surface area contributed by atoms with E-state index >= 15 is 0 Å². The maximum Gasteiger partial charge on any atom is 0.387 e. The molecule has 8 nitrogen and oxygen atoms in total. The number of rotatable bonds is 6. The minimum Gasteiger partial charge on any atom is -0.457 e. The molecule has 2 N–H and O–H groups in total. The summed E-state index contributed by atoms with van der Waals surface area (Å²) in [6, 6.07) is 3.53. The van der Waals surface area contributed by atoms with Gasteiger partial charge in [-0.1, -0.05) is 5.21 Å². The van der Waals surface area contributed by atoms with Crippen LogP contribution < -0.4 is 15.2 Å². The fourth-order valence-corrected chi connectivity index (χ4v) is 1.85. The van der Waals surface area contributed by atoms with Crippen molar-refractivity contribution >= 4 is 5.69 Å². The molecule has 1 aromatic carbocycles. The molecule has 2 aromatic heterocycles. The van der Waals surface area contributed by atoms with Crippen LogP contribution in [0.15, 0.2) is 36.8 Å². The molecular weight excluding hydrogens is 341 g/mol. The number of benzene rings is 1. The Kier molecular flexibility index (Phi) is 4.64. The van der Waals surface area contributed by atoms with Crippen LogP contribution in [0.4, 0.5) is 18.9 Å². The molecular formula is C14H11F3N6O2. The van der Waals surface area contributed by atoms with Crippen molar-refractivity contribution in [1.29, 1.82) is 0 Å². The summed E-state index contributed by atoms with van der Waals surface area (Å²) in [4.78, 5) is 7.73. The van der Waals surface area contributed by atoms with Gasteiger partial charge in [0.25, 0.3) is 0 Å². The number of hydrogen-bond acceptors (Lipinski definition) is 7. The van der Waals surface area contributed by atoms with Gasteiger partial charge in [-0.3, -0.25) is 0 Å². The predicted molar refractivity (Wildman–Crippen MR) is 78.7 cm³/mol. The minimum absolute atomic E-state index is 0.0193. The number of nitrogen functional groups attached to an aromatic ring is 1. The summed E-state index contributed by atoms with van der Waals surface area (Å²) in [6.45, 7) is -3.12. The molecule has 0 radical (unpaired) electrons.